The van der Waals surface area contributed by atoms with E-state index in [0.29, 0.717) is 17.1 Å². The van der Waals surface area contributed by atoms with Gasteiger partial charge in [0.1, 0.15) is 5.68 Å². The standard InChI is InChI=1S/C7H7BN3O2/c9-4-1-6-5(10-3-4)2-7(12)8-11(6)13/h1,3,13H,2,9H2. The van der Waals surface area contributed by atoms with Crippen molar-refractivity contribution >= 4 is 24.5 Å². The molecule has 6 heteroatoms. The van der Waals surface area contributed by atoms with Gasteiger partial charge in [0.2, 0.25) is 0 Å². The molecule has 1 aromatic rings. The SMILES string of the molecule is Nc1cnc2c(c1)N(O)[B]C(=O)C2. The normalized spacial score (nSPS) is 15.2. The second kappa shape index (κ2) is 2.74. The Morgan fingerprint density at radius 3 is 3.23 bits per heavy atom. The third-order valence-corrected chi connectivity index (χ3v) is 1.82. The van der Waals surface area contributed by atoms with Gasteiger partial charge in [-0.2, -0.15) is 0 Å². The molecule has 1 radical (unpaired) electrons. The Hall–Kier alpha value is -1.56. The van der Waals surface area contributed by atoms with Crippen molar-refractivity contribution in [3.63, 3.8) is 0 Å². The highest BCUT2D eigenvalue weighted by Gasteiger charge is 2.24. The maximum Gasteiger partial charge on any atom is 0.369 e. The van der Waals surface area contributed by atoms with Gasteiger partial charge in [-0.15, -0.1) is 0 Å². The van der Waals surface area contributed by atoms with Crippen molar-refractivity contribution in [1.29, 1.82) is 0 Å². The van der Waals surface area contributed by atoms with E-state index in [2.05, 4.69) is 4.98 Å². The molecule has 0 amide bonds. The first-order valence-corrected chi connectivity index (χ1v) is 3.77. The fourth-order valence-corrected chi connectivity index (χ4v) is 1.25. The van der Waals surface area contributed by atoms with Crippen LogP contribution in [0, 0.1) is 0 Å². The number of nitrogens with zero attached hydrogens (tertiary/aromatic N) is 2. The Morgan fingerprint density at radius 1 is 1.69 bits per heavy atom. The van der Waals surface area contributed by atoms with Gasteiger partial charge in [0.15, 0.2) is 0 Å². The molecule has 0 aliphatic carbocycles. The number of aromatic nitrogens is 1. The minimum absolute atomic E-state index is 0.174. The van der Waals surface area contributed by atoms with Crippen molar-refractivity contribution in [2.24, 2.45) is 0 Å². The summed E-state index contributed by atoms with van der Waals surface area (Å²) < 4.78 is 0. The Morgan fingerprint density at radius 2 is 2.46 bits per heavy atom. The van der Waals surface area contributed by atoms with Gasteiger partial charge in [-0.3, -0.25) is 9.96 Å². The third kappa shape index (κ3) is 1.36. The number of pyridine rings is 1. The monoisotopic (exact) mass is 176 g/mol. The molecule has 0 unspecified atom stereocenters. The molecule has 0 atom stereocenters. The Labute approximate surface area is 75.4 Å². The van der Waals surface area contributed by atoms with Gasteiger partial charge in [0.25, 0.3) is 0 Å². The average molecular weight is 176 g/mol. The first-order valence-electron chi connectivity index (χ1n) is 3.77. The fraction of sp³-hybridized carbons (Fsp3) is 0.143. The van der Waals surface area contributed by atoms with Crippen LogP contribution in [-0.2, 0) is 11.2 Å². The molecule has 0 saturated carbocycles. The lowest BCUT2D eigenvalue weighted by Crippen LogP contribution is -2.37. The van der Waals surface area contributed by atoms with Gasteiger partial charge in [-0.05, 0) is 6.07 Å². The van der Waals surface area contributed by atoms with Gasteiger partial charge >= 0.3 is 7.41 Å². The molecule has 0 fully saturated rings. The minimum Gasteiger partial charge on any atom is -0.397 e. The maximum absolute atomic E-state index is 11.0. The smallest absolute Gasteiger partial charge is 0.369 e. The lowest BCUT2D eigenvalue weighted by atomic mass is 9.79. The summed E-state index contributed by atoms with van der Waals surface area (Å²) in [4.78, 5) is 15.7. The van der Waals surface area contributed by atoms with Crippen LogP contribution in [0.5, 0.6) is 0 Å². The van der Waals surface area contributed by atoms with E-state index < -0.39 is 0 Å². The van der Waals surface area contributed by atoms with E-state index in [9.17, 15) is 10.0 Å². The highest BCUT2D eigenvalue weighted by atomic mass is 16.5. The molecular weight excluding hydrogens is 169 g/mol. The Bertz CT molecular complexity index is 369. The molecule has 1 aliphatic heterocycles. The first kappa shape index (κ1) is 8.06. The maximum atomic E-state index is 11.0. The van der Waals surface area contributed by atoms with E-state index in [-0.39, 0.29) is 12.1 Å². The van der Waals surface area contributed by atoms with Crippen LogP contribution < -0.4 is 10.7 Å². The highest BCUT2D eigenvalue weighted by molar-refractivity contribution is 6.77. The van der Waals surface area contributed by atoms with Crippen molar-refractivity contribution in [3.05, 3.63) is 18.0 Å². The average Bonchev–Trinajstić information content (AvgIpc) is 2.06. The number of hydrogen-bond acceptors (Lipinski definition) is 5. The van der Waals surface area contributed by atoms with Crippen LogP contribution in [0.3, 0.4) is 0 Å². The number of carbonyl (C=O) groups is 1. The van der Waals surface area contributed by atoms with Gasteiger partial charge in [0.05, 0.1) is 23.3 Å². The van der Waals surface area contributed by atoms with E-state index in [4.69, 9.17) is 5.73 Å². The molecular formula is C7H7BN3O2. The van der Waals surface area contributed by atoms with Gasteiger partial charge in [0, 0.05) is 6.42 Å². The quantitative estimate of drug-likeness (QED) is 0.523. The second-order valence-corrected chi connectivity index (χ2v) is 2.85. The summed E-state index contributed by atoms with van der Waals surface area (Å²) in [5, 5.41) is 9.32. The largest absolute Gasteiger partial charge is 0.397 e. The van der Waals surface area contributed by atoms with E-state index in [1.165, 1.54) is 6.20 Å². The molecule has 13 heavy (non-hydrogen) atoms. The molecule has 0 saturated heterocycles. The third-order valence-electron chi connectivity index (χ3n) is 1.82. The number of nitrogens with two attached hydrogens (primary N) is 1. The molecule has 3 N–H and O–H groups in total. The van der Waals surface area contributed by atoms with Crippen LogP contribution in [0.2, 0.25) is 0 Å². The van der Waals surface area contributed by atoms with E-state index in [0.717, 1.165) is 12.4 Å². The molecule has 1 aliphatic rings. The molecule has 0 spiro atoms. The summed E-state index contributed by atoms with van der Waals surface area (Å²) in [6.45, 7) is 0. The van der Waals surface area contributed by atoms with Crippen LogP contribution in [-0.4, -0.2) is 23.3 Å². The Kier molecular flexibility index (Phi) is 1.70. The first-order chi connectivity index (χ1) is 6.16. The van der Waals surface area contributed by atoms with E-state index in [1.54, 1.807) is 6.07 Å². The summed E-state index contributed by atoms with van der Waals surface area (Å²) in [5.74, 6) is 0. The number of anilines is 2. The lowest BCUT2D eigenvalue weighted by Gasteiger charge is -2.22. The van der Waals surface area contributed by atoms with E-state index >= 15 is 0 Å². The van der Waals surface area contributed by atoms with Crippen molar-refractivity contribution < 1.29 is 10.0 Å². The minimum atomic E-state index is -0.174. The predicted molar refractivity (Wildman–Crippen MR) is 47.4 cm³/mol. The Balaban J connectivity index is 2.49. The van der Waals surface area contributed by atoms with Crippen molar-refractivity contribution in [3.8, 4) is 0 Å². The molecule has 5 nitrogen and oxygen atoms in total. The predicted octanol–water partition coefficient (Wildman–Crippen LogP) is -0.439. The van der Waals surface area contributed by atoms with Crippen molar-refractivity contribution in [2.75, 3.05) is 10.7 Å². The summed E-state index contributed by atoms with van der Waals surface area (Å²) >= 11 is 0. The van der Waals surface area contributed by atoms with Crippen LogP contribution >= 0.6 is 0 Å². The summed E-state index contributed by atoms with van der Waals surface area (Å²) in [6, 6.07) is 1.57. The number of carbonyl (C=O) groups excluding carboxylic acids is 1. The topological polar surface area (TPSA) is 79.4 Å². The summed E-state index contributed by atoms with van der Waals surface area (Å²) in [5.41, 5.74) is 6.78. The van der Waals surface area contributed by atoms with E-state index in [1.807, 2.05) is 0 Å². The summed E-state index contributed by atoms with van der Waals surface area (Å²) in [7, 11) is 1.11. The van der Waals surface area contributed by atoms with Crippen molar-refractivity contribution in [2.45, 2.75) is 6.42 Å². The van der Waals surface area contributed by atoms with Crippen LogP contribution in [0.1, 0.15) is 5.69 Å². The zero-order chi connectivity index (χ0) is 9.42. The van der Waals surface area contributed by atoms with Gasteiger partial charge in [-0.25, -0.2) is 0 Å². The highest BCUT2D eigenvalue weighted by Crippen LogP contribution is 2.23. The van der Waals surface area contributed by atoms with Gasteiger partial charge < -0.3 is 15.7 Å². The van der Waals surface area contributed by atoms with Crippen LogP contribution in [0.25, 0.3) is 0 Å². The van der Waals surface area contributed by atoms with Crippen LogP contribution in [0.4, 0.5) is 11.4 Å². The molecule has 0 aromatic carbocycles. The van der Waals surface area contributed by atoms with Crippen LogP contribution in [0.15, 0.2) is 12.3 Å². The molecule has 1 aromatic heterocycles. The zero-order valence-electron chi connectivity index (χ0n) is 6.77. The second-order valence-electron chi connectivity index (χ2n) is 2.85. The molecule has 65 valence electrons. The molecule has 2 heterocycles. The fourth-order valence-electron chi connectivity index (χ4n) is 1.25. The zero-order valence-corrected chi connectivity index (χ0v) is 6.77. The van der Waals surface area contributed by atoms with Crippen molar-refractivity contribution in [1.82, 2.24) is 4.98 Å². The number of fused-ring (bicyclic) bond motifs is 1. The van der Waals surface area contributed by atoms with Gasteiger partial charge in [-0.1, -0.05) is 0 Å². The summed E-state index contributed by atoms with van der Waals surface area (Å²) in [6.07, 6.45) is 1.68. The molecule has 0 bridgehead atoms. The number of nitrogen functional groups attached to an aromatic ring is 1. The lowest BCUT2D eigenvalue weighted by molar-refractivity contribution is -0.111. The number of rotatable bonds is 0. The number of hydrogen-bond donors (Lipinski definition) is 2. The molecule has 2 rings (SSSR count).